The number of nitrogens with one attached hydrogen (secondary N) is 2. The van der Waals surface area contributed by atoms with E-state index in [1.165, 1.54) is 4.90 Å². The Hall–Kier alpha value is -2.83. The molecule has 0 aliphatic carbocycles. The summed E-state index contributed by atoms with van der Waals surface area (Å²) in [5.41, 5.74) is 2.86. The fraction of sp³-hybridized carbons (Fsp3) is 0.421. The molecule has 0 saturated heterocycles. The number of benzene rings is 1. The van der Waals surface area contributed by atoms with E-state index in [9.17, 15) is 9.59 Å². The molecule has 2 N–H and O–H groups in total. The molecule has 0 saturated carbocycles. The molecule has 0 atom stereocenters. The highest BCUT2D eigenvalue weighted by Crippen LogP contribution is 2.17. The molecule has 7 heteroatoms. The van der Waals surface area contributed by atoms with Crippen molar-refractivity contribution in [2.45, 2.75) is 40.5 Å². The molecule has 1 aromatic heterocycles. The van der Waals surface area contributed by atoms with Crippen molar-refractivity contribution in [3.05, 3.63) is 41.2 Å². The number of anilines is 2. The largest absolute Gasteiger partial charge is 0.360 e. The van der Waals surface area contributed by atoms with Gasteiger partial charge in [-0.05, 0) is 38.8 Å². The van der Waals surface area contributed by atoms with Gasteiger partial charge in [0.1, 0.15) is 12.3 Å². The van der Waals surface area contributed by atoms with Gasteiger partial charge in [0.2, 0.25) is 5.91 Å². The molecule has 0 radical (unpaired) electrons. The number of rotatable bonds is 7. The van der Waals surface area contributed by atoms with Crippen LogP contribution in [0.1, 0.15) is 36.7 Å². The van der Waals surface area contributed by atoms with Crippen LogP contribution in [0.15, 0.2) is 28.8 Å². The van der Waals surface area contributed by atoms with Gasteiger partial charge in [-0.3, -0.25) is 4.79 Å². The lowest BCUT2D eigenvalue weighted by Crippen LogP contribution is -2.41. The van der Waals surface area contributed by atoms with Gasteiger partial charge in [0, 0.05) is 18.3 Å². The van der Waals surface area contributed by atoms with Gasteiger partial charge in [0.05, 0.1) is 0 Å². The third-order valence-electron chi connectivity index (χ3n) is 3.92. The smallest absolute Gasteiger partial charge is 0.322 e. The van der Waals surface area contributed by atoms with Crippen LogP contribution in [-0.2, 0) is 4.79 Å². The molecule has 1 heterocycles. The zero-order chi connectivity index (χ0) is 19.1. The number of aryl methyl sites for hydroxylation is 3. The topological polar surface area (TPSA) is 87.5 Å². The maximum atomic E-state index is 12.6. The number of carbonyl (C=O) groups is 2. The number of hydrogen-bond acceptors (Lipinski definition) is 4. The van der Waals surface area contributed by atoms with Crippen molar-refractivity contribution in [3.8, 4) is 0 Å². The van der Waals surface area contributed by atoms with Gasteiger partial charge in [-0.2, -0.15) is 0 Å². The van der Waals surface area contributed by atoms with E-state index >= 15 is 0 Å². The van der Waals surface area contributed by atoms with Crippen LogP contribution in [-0.4, -0.2) is 35.1 Å². The Bertz CT molecular complexity index is 770. The van der Waals surface area contributed by atoms with Crippen LogP contribution in [0.25, 0.3) is 0 Å². The Balaban J connectivity index is 2.02. The highest BCUT2D eigenvalue weighted by atomic mass is 16.5. The first kappa shape index (κ1) is 19.5. The summed E-state index contributed by atoms with van der Waals surface area (Å²) in [6.07, 6.45) is 1.74. The minimum absolute atomic E-state index is 0.0529. The van der Waals surface area contributed by atoms with Crippen LogP contribution in [0.2, 0.25) is 0 Å². The van der Waals surface area contributed by atoms with Crippen molar-refractivity contribution in [1.82, 2.24) is 10.1 Å². The molecule has 0 aliphatic heterocycles. The van der Waals surface area contributed by atoms with E-state index in [0.717, 1.165) is 29.7 Å². The van der Waals surface area contributed by atoms with Crippen molar-refractivity contribution in [3.63, 3.8) is 0 Å². The van der Waals surface area contributed by atoms with Crippen molar-refractivity contribution in [2.24, 2.45) is 0 Å². The minimum Gasteiger partial charge on any atom is -0.360 e. The van der Waals surface area contributed by atoms with Crippen LogP contribution in [0, 0.1) is 20.8 Å². The van der Waals surface area contributed by atoms with Crippen molar-refractivity contribution >= 4 is 23.4 Å². The van der Waals surface area contributed by atoms with Gasteiger partial charge >= 0.3 is 6.03 Å². The summed E-state index contributed by atoms with van der Waals surface area (Å²) in [5, 5.41) is 9.27. The minimum atomic E-state index is -0.315. The van der Waals surface area contributed by atoms with Crippen LogP contribution < -0.4 is 10.6 Å². The Morgan fingerprint density at radius 1 is 1.15 bits per heavy atom. The van der Waals surface area contributed by atoms with E-state index in [4.69, 9.17) is 4.52 Å². The summed E-state index contributed by atoms with van der Waals surface area (Å²) in [4.78, 5) is 26.4. The van der Waals surface area contributed by atoms with Crippen molar-refractivity contribution in [1.29, 1.82) is 0 Å². The molecule has 2 rings (SSSR count). The fourth-order valence-corrected chi connectivity index (χ4v) is 2.53. The van der Waals surface area contributed by atoms with Crippen LogP contribution in [0.5, 0.6) is 0 Å². The van der Waals surface area contributed by atoms with Gasteiger partial charge in [-0.25, -0.2) is 4.79 Å². The molecule has 7 nitrogen and oxygen atoms in total. The zero-order valence-electron chi connectivity index (χ0n) is 15.8. The SMILES string of the molecule is CCCCN(CC(=O)Nc1cc(C)on1)C(=O)Nc1ccc(C)cc1C. The van der Waals surface area contributed by atoms with Gasteiger partial charge in [-0.15, -0.1) is 0 Å². The first-order valence-electron chi connectivity index (χ1n) is 8.75. The maximum Gasteiger partial charge on any atom is 0.322 e. The number of unbranched alkanes of at least 4 members (excludes halogenated alkanes) is 1. The van der Waals surface area contributed by atoms with Crippen LogP contribution in [0.4, 0.5) is 16.3 Å². The summed E-state index contributed by atoms with van der Waals surface area (Å²) in [6, 6.07) is 7.16. The van der Waals surface area contributed by atoms with E-state index < -0.39 is 0 Å². The van der Waals surface area contributed by atoms with Gasteiger partial charge < -0.3 is 20.1 Å². The molecule has 3 amide bonds. The van der Waals surface area contributed by atoms with E-state index in [2.05, 4.69) is 15.8 Å². The summed E-state index contributed by atoms with van der Waals surface area (Å²) in [5.74, 6) is 0.638. The number of aromatic nitrogens is 1. The number of nitrogens with zero attached hydrogens (tertiary/aromatic N) is 2. The molecule has 0 fully saturated rings. The van der Waals surface area contributed by atoms with Gasteiger partial charge in [-0.1, -0.05) is 36.2 Å². The standard InChI is InChI=1S/C19H26N4O3/c1-5-6-9-23(12-18(24)21-17-11-15(4)26-22-17)19(25)20-16-8-7-13(2)10-14(16)3/h7-8,10-11H,5-6,9,12H2,1-4H3,(H,20,25)(H,21,22,24). The monoisotopic (exact) mass is 358 g/mol. The second kappa shape index (κ2) is 9.03. The Morgan fingerprint density at radius 3 is 2.54 bits per heavy atom. The zero-order valence-corrected chi connectivity index (χ0v) is 15.8. The molecule has 0 spiro atoms. The van der Waals surface area contributed by atoms with E-state index in [1.807, 2.05) is 39.0 Å². The maximum absolute atomic E-state index is 12.6. The highest BCUT2D eigenvalue weighted by molar-refractivity contribution is 5.96. The van der Waals surface area contributed by atoms with Gasteiger partial charge in [0.25, 0.3) is 0 Å². The Kier molecular flexibility index (Phi) is 6.77. The predicted molar refractivity (Wildman–Crippen MR) is 101 cm³/mol. The molecular formula is C19H26N4O3. The van der Waals surface area contributed by atoms with E-state index in [1.54, 1.807) is 13.0 Å². The third kappa shape index (κ3) is 5.61. The molecule has 140 valence electrons. The second-order valence-electron chi connectivity index (χ2n) is 6.39. The summed E-state index contributed by atoms with van der Waals surface area (Å²) in [6.45, 7) is 8.17. The first-order chi connectivity index (χ1) is 12.4. The molecule has 26 heavy (non-hydrogen) atoms. The number of carbonyl (C=O) groups excluding carboxylic acids is 2. The van der Waals surface area contributed by atoms with Crippen molar-refractivity contribution in [2.75, 3.05) is 23.7 Å². The first-order valence-corrected chi connectivity index (χ1v) is 8.75. The second-order valence-corrected chi connectivity index (χ2v) is 6.39. The normalized spacial score (nSPS) is 10.5. The number of amides is 3. The molecule has 2 aromatic rings. The number of urea groups is 1. The fourth-order valence-electron chi connectivity index (χ4n) is 2.53. The van der Waals surface area contributed by atoms with Crippen LogP contribution >= 0.6 is 0 Å². The molecule has 0 unspecified atom stereocenters. The lowest BCUT2D eigenvalue weighted by atomic mass is 10.1. The predicted octanol–water partition coefficient (Wildman–Crippen LogP) is 3.87. The summed E-state index contributed by atoms with van der Waals surface area (Å²) >= 11 is 0. The Morgan fingerprint density at radius 2 is 1.92 bits per heavy atom. The molecule has 1 aromatic carbocycles. The molecule has 0 bridgehead atoms. The quantitative estimate of drug-likeness (QED) is 0.786. The van der Waals surface area contributed by atoms with Gasteiger partial charge in [0.15, 0.2) is 5.82 Å². The highest BCUT2D eigenvalue weighted by Gasteiger charge is 2.18. The summed E-state index contributed by atoms with van der Waals surface area (Å²) in [7, 11) is 0. The number of hydrogen-bond donors (Lipinski definition) is 2. The lowest BCUT2D eigenvalue weighted by Gasteiger charge is -2.23. The van der Waals surface area contributed by atoms with Crippen molar-refractivity contribution < 1.29 is 14.1 Å². The summed E-state index contributed by atoms with van der Waals surface area (Å²) < 4.78 is 4.93. The van der Waals surface area contributed by atoms with Crippen LogP contribution in [0.3, 0.4) is 0 Å². The Labute approximate surface area is 153 Å². The molecular weight excluding hydrogens is 332 g/mol. The van der Waals surface area contributed by atoms with E-state index in [0.29, 0.717) is 18.1 Å². The lowest BCUT2D eigenvalue weighted by molar-refractivity contribution is -0.116. The molecule has 0 aliphatic rings. The average Bonchev–Trinajstić information content (AvgIpc) is 2.98. The van der Waals surface area contributed by atoms with E-state index in [-0.39, 0.29) is 18.5 Å². The average molecular weight is 358 g/mol. The third-order valence-corrected chi connectivity index (χ3v) is 3.92.